The van der Waals surface area contributed by atoms with Crippen molar-refractivity contribution in [3.63, 3.8) is 0 Å². The number of amides is 5. The van der Waals surface area contributed by atoms with Crippen molar-refractivity contribution in [3.8, 4) is 11.5 Å². The van der Waals surface area contributed by atoms with Crippen molar-refractivity contribution in [3.05, 3.63) is 89.4 Å². The van der Waals surface area contributed by atoms with Crippen LogP contribution in [0.25, 0.3) is 5.65 Å². The maximum atomic E-state index is 14.1. The van der Waals surface area contributed by atoms with Gasteiger partial charge in [-0.2, -0.15) is 5.10 Å². The molecule has 4 aromatic rings. The number of hydrogen-bond acceptors (Lipinski definition) is 9. The molecule has 0 aliphatic carbocycles. The summed E-state index contributed by atoms with van der Waals surface area (Å²) >= 11 is 0. The van der Waals surface area contributed by atoms with Gasteiger partial charge in [-0.15, -0.1) is 0 Å². The minimum Gasteiger partial charge on any atom is -0.493 e. The molecule has 2 bridgehead atoms. The van der Waals surface area contributed by atoms with Gasteiger partial charge < -0.3 is 36.1 Å². The summed E-state index contributed by atoms with van der Waals surface area (Å²) in [5.74, 6) is -1.88. The quantitative estimate of drug-likeness (QED) is 0.197. The lowest BCUT2D eigenvalue weighted by atomic mass is 10.00. The standard InChI is InChI=1S/C39H48N8O7/c1-24(2)34-39(52)41-17-8-12-27-14-15-31(53-4)32(19-27)54-23-33(48)40-16-9-13-29(44-36(49)28-21-43-47-22-25(3)20-42-35(28)47)37(50)45-30(38(51)46-34)18-26-10-6-5-7-11-26/h5-7,10-11,14-15,19-22,24,29-30,34H,8-9,12-13,16-18,23H2,1-4H3,(H,40,48)(H,41,52)(H,44,49)(H,45,50)(H,46,51)/t29-,30-,34+/m0/s1. The van der Waals surface area contributed by atoms with Crippen LogP contribution in [-0.2, 0) is 32.0 Å². The average molecular weight is 741 g/mol. The van der Waals surface area contributed by atoms with Crippen LogP contribution in [0.3, 0.4) is 0 Å². The number of aromatic nitrogens is 3. The molecule has 2 aromatic carbocycles. The number of nitrogens with zero attached hydrogens (tertiary/aromatic N) is 3. The van der Waals surface area contributed by atoms with Gasteiger partial charge in [0.2, 0.25) is 17.7 Å². The second-order valence-electron chi connectivity index (χ2n) is 13.6. The molecule has 3 heterocycles. The van der Waals surface area contributed by atoms with Gasteiger partial charge in [-0.1, -0.05) is 50.2 Å². The Morgan fingerprint density at radius 2 is 1.76 bits per heavy atom. The molecule has 5 N–H and O–H groups in total. The van der Waals surface area contributed by atoms with Crippen molar-refractivity contribution >= 4 is 35.2 Å². The van der Waals surface area contributed by atoms with E-state index in [1.165, 1.54) is 17.8 Å². The fourth-order valence-electron chi connectivity index (χ4n) is 6.09. The summed E-state index contributed by atoms with van der Waals surface area (Å²) in [6.45, 7) is 5.76. The second-order valence-corrected chi connectivity index (χ2v) is 13.6. The molecule has 2 aromatic heterocycles. The van der Waals surface area contributed by atoms with Crippen LogP contribution in [0.1, 0.15) is 60.2 Å². The van der Waals surface area contributed by atoms with E-state index in [-0.39, 0.29) is 49.3 Å². The van der Waals surface area contributed by atoms with Crippen molar-refractivity contribution < 1.29 is 33.4 Å². The Morgan fingerprint density at radius 3 is 2.52 bits per heavy atom. The van der Waals surface area contributed by atoms with Gasteiger partial charge in [-0.05, 0) is 67.3 Å². The summed E-state index contributed by atoms with van der Waals surface area (Å²) in [6, 6.07) is 11.6. The molecular weight excluding hydrogens is 692 g/mol. The first-order chi connectivity index (χ1) is 26.0. The van der Waals surface area contributed by atoms with E-state index in [9.17, 15) is 24.0 Å². The van der Waals surface area contributed by atoms with Crippen molar-refractivity contribution in [2.45, 2.75) is 71.0 Å². The Morgan fingerprint density at radius 1 is 0.981 bits per heavy atom. The van der Waals surface area contributed by atoms with E-state index in [0.717, 1.165) is 16.7 Å². The van der Waals surface area contributed by atoms with Crippen LogP contribution >= 0.6 is 0 Å². The number of carbonyl (C=O) groups excluding carboxylic acids is 5. The zero-order valence-corrected chi connectivity index (χ0v) is 31.0. The van der Waals surface area contributed by atoms with Crippen molar-refractivity contribution in [2.75, 3.05) is 26.8 Å². The molecule has 1 aliphatic rings. The maximum absolute atomic E-state index is 14.1. The van der Waals surface area contributed by atoms with Crippen LogP contribution in [0, 0.1) is 12.8 Å². The van der Waals surface area contributed by atoms with Gasteiger partial charge in [0, 0.05) is 31.9 Å². The summed E-state index contributed by atoms with van der Waals surface area (Å²) in [4.78, 5) is 72.2. The highest BCUT2D eigenvalue weighted by Gasteiger charge is 2.31. The van der Waals surface area contributed by atoms with E-state index in [1.54, 1.807) is 24.5 Å². The monoisotopic (exact) mass is 740 g/mol. The Bertz CT molecular complexity index is 1950. The zero-order valence-electron chi connectivity index (χ0n) is 31.0. The lowest BCUT2D eigenvalue weighted by Crippen LogP contribution is -2.58. The van der Waals surface area contributed by atoms with E-state index in [4.69, 9.17) is 9.47 Å². The maximum Gasteiger partial charge on any atom is 0.257 e. The van der Waals surface area contributed by atoms with Gasteiger partial charge >= 0.3 is 0 Å². The fraction of sp³-hybridized carbons (Fsp3) is 0.410. The minimum absolute atomic E-state index is 0.108. The first kappa shape index (κ1) is 39.2. The largest absolute Gasteiger partial charge is 0.493 e. The van der Waals surface area contributed by atoms with Crippen LogP contribution < -0.4 is 36.1 Å². The van der Waals surface area contributed by atoms with Gasteiger partial charge in [0.25, 0.3) is 11.8 Å². The average Bonchev–Trinajstić information content (AvgIpc) is 3.58. The normalized spacial score (nSPS) is 19.6. The van der Waals surface area contributed by atoms with Gasteiger partial charge in [0.05, 0.1) is 13.3 Å². The summed E-state index contributed by atoms with van der Waals surface area (Å²) in [6.07, 6.45) is 6.45. The van der Waals surface area contributed by atoms with E-state index < -0.39 is 35.8 Å². The van der Waals surface area contributed by atoms with Crippen LogP contribution in [0.2, 0.25) is 0 Å². The highest BCUT2D eigenvalue weighted by Crippen LogP contribution is 2.28. The van der Waals surface area contributed by atoms with Crippen LogP contribution in [-0.4, -0.2) is 89.1 Å². The molecule has 5 amide bonds. The number of fused-ring (bicyclic) bond motifs is 3. The lowest BCUT2D eigenvalue weighted by Gasteiger charge is -2.27. The van der Waals surface area contributed by atoms with Gasteiger partial charge in [0.1, 0.15) is 23.7 Å². The van der Waals surface area contributed by atoms with Crippen LogP contribution in [0.15, 0.2) is 67.1 Å². The first-order valence-corrected chi connectivity index (χ1v) is 18.1. The molecule has 5 rings (SSSR count). The number of benzene rings is 2. The predicted octanol–water partition coefficient (Wildman–Crippen LogP) is 2.05. The lowest BCUT2D eigenvalue weighted by molar-refractivity contribution is -0.133. The zero-order chi connectivity index (χ0) is 38.6. The topological polar surface area (TPSA) is 194 Å². The van der Waals surface area contributed by atoms with Gasteiger partial charge in [-0.3, -0.25) is 24.0 Å². The summed E-state index contributed by atoms with van der Waals surface area (Å²) < 4.78 is 12.7. The second kappa shape index (κ2) is 18.7. The highest BCUT2D eigenvalue weighted by molar-refractivity contribution is 6.02. The number of nitrogens with one attached hydrogen (secondary N) is 5. The molecule has 54 heavy (non-hydrogen) atoms. The molecular formula is C39H48N8O7. The molecule has 0 saturated carbocycles. The number of ether oxygens (including phenoxy) is 2. The number of carbonyl (C=O) groups is 5. The van der Waals surface area contributed by atoms with Gasteiger partial charge in [0.15, 0.2) is 23.8 Å². The SMILES string of the molecule is COc1ccc2cc1OCC(=O)NCCC[C@H](NC(=O)c1cnn3cc(C)cnc13)C(=O)N[C@@H](Cc1ccccc1)C(=O)N[C@H](C(C)C)C(=O)NCCC2. The molecule has 3 atom stereocenters. The van der Waals surface area contributed by atoms with Gasteiger partial charge in [-0.25, -0.2) is 9.50 Å². The number of aryl methyl sites for hydroxylation is 2. The van der Waals surface area contributed by atoms with E-state index >= 15 is 0 Å². The van der Waals surface area contributed by atoms with E-state index in [2.05, 4.69) is 36.7 Å². The molecule has 1 aliphatic heterocycles. The van der Waals surface area contributed by atoms with Crippen molar-refractivity contribution in [2.24, 2.45) is 5.92 Å². The van der Waals surface area contributed by atoms with Crippen molar-refractivity contribution in [1.29, 1.82) is 0 Å². The molecule has 15 heteroatoms. The molecule has 0 fully saturated rings. The number of rotatable bonds is 6. The molecule has 0 spiro atoms. The Kier molecular flexibility index (Phi) is 13.6. The minimum atomic E-state index is -1.12. The number of methoxy groups -OCH3 is 1. The summed E-state index contributed by atoms with van der Waals surface area (Å²) in [5, 5.41) is 18.5. The molecule has 286 valence electrons. The predicted molar refractivity (Wildman–Crippen MR) is 200 cm³/mol. The van der Waals surface area contributed by atoms with E-state index in [0.29, 0.717) is 43.0 Å². The summed E-state index contributed by atoms with van der Waals surface area (Å²) in [5.41, 5.74) is 3.03. The van der Waals surface area contributed by atoms with Crippen LogP contribution in [0.4, 0.5) is 0 Å². The Balaban J connectivity index is 1.41. The third-order valence-corrected chi connectivity index (χ3v) is 9.03. The summed E-state index contributed by atoms with van der Waals surface area (Å²) in [7, 11) is 1.51. The third-order valence-electron chi connectivity index (χ3n) is 9.03. The molecule has 0 radical (unpaired) electrons. The van der Waals surface area contributed by atoms with E-state index in [1.807, 2.05) is 57.2 Å². The third kappa shape index (κ3) is 10.5. The Labute approximate surface area is 314 Å². The highest BCUT2D eigenvalue weighted by atomic mass is 16.5. The van der Waals surface area contributed by atoms with Crippen molar-refractivity contribution in [1.82, 2.24) is 41.2 Å². The van der Waals surface area contributed by atoms with Crippen LogP contribution in [0.5, 0.6) is 11.5 Å². The smallest absolute Gasteiger partial charge is 0.257 e. The fourth-order valence-corrected chi connectivity index (χ4v) is 6.09. The Hall–Kier alpha value is -5.99. The molecule has 15 nitrogen and oxygen atoms in total. The number of hydrogen-bond donors (Lipinski definition) is 5. The molecule has 0 saturated heterocycles. The molecule has 0 unspecified atom stereocenters. The first-order valence-electron chi connectivity index (χ1n) is 18.1.